The number of amides is 1. The number of carbonyl (C=O) groups is 2. The summed E-state index contributed by atoms with van der Waals surface area (Å²) in [6, 6.07) is 9.11. The van der Waals surface area contributed by atoms with E-state index in [0.717, 1.165) is 5.56 Å². The number of hydrogen-bond acceptors (Lipinski definition) is 5. The van der Waals surface area contributed by atoms with Crippen molar-refractivity contribution < 1.29 is 28.5 Å². The van der Waals surface area contributed by atoms with Gasteiger partial charge in [0.15, 0.2) is 0 Å². The SMILES string of the molecule is CCOC(=O)CCP(=O)(O)C(CC)NC(=O)OCc1ccccc1. The van der Waals surface area contributed by atoms with Gasteiger partial charge in [-0.05, 0) is 18.9 Å². The van der Waals surface area contributed by atoms with Gasteiger partial charge in [-0.2, -0.15) is 0 Å². The Kier molecular flexibility index (Phi) is 8.50. The average molecular weight is 357 g/mol. The van der Waals surface area contributed by atoms with E-state index >= 15 is 0 Å². The fraction of sp³-hybridized carbons (Fsp3) is 0.500. The molecular weight excluding hydrogens is 333 g/mol. The maximum Gasteiger partial charge on any atom is 0.408 e. The molecule has 7 nitrogen and oxygen atoms in total. The van der Waals surface area contributed by atoms with Gasteiger partial charge in [-0.25, -0.2) is 4.79 Å². The van der Waals surface area contributed by atoms with Crippen molar-refractivity contribution in [2.45, 2.75) is 39.1 Å². The third-order valence-electron chi connectivity index (χ3n) is 3.31. The zero-order valence-corrected chi connectivity index (χ0v) is 14.8. The molecule has 0 heterocycles. The number of benzene rings is 1. The second-order valence-corrected chi connectivity index (χ2v) is 7.75. The molecule has 134 valence electrons. The molecule has 0 aliphatic rings. The van der Waals surface area contributed by atoms with Crippen molar-refractivity contribution >= 4 is 19.4 Å². The van der Waals surface area contributed by atoms with Crippen LogP contribution in [-0.2, 0) is 25.4 Å². The summed E-state index contributed by atoms with van der Waals surface area (Å²) >= 11 is 0. The first-order valence-electron chi connectivity index (χ1n) is 7.83. The normalized spacial score (nSPS) is 14.3. The molecule has 0 bridgehead atoms. The smallest absolute Gasteiger partial charge is 0.408 e. The molecule has 0 aromatic heterocycles. The number of alkyl carbamates (subject to hydrolysis) is 1. The highest BCUT2D eigenvalue weighted by Crippen LogP contribution is 2.47. The molecule has 0 radical (unpaired) electrons. The van der Waals surface area contributed by atoms with Gasteiger partial charge in [0.2, 0.25) is 7.37 Å². The number of esters is 1. The summed E-state index contributed by atoms with van der Waals surface area (Å²) in [5, 5.41) is 2.41. The van der Waals surface area contributed by atoms with Gasteiger partial charge in [-0.15, -0.1) is 0 Å². The molecule has 2 unspecified atom stereocenters. The topological polar surface area (TPSA) is 102 Å². The largest absolute Gasteiger partial charge is 0.466 e. The van der Waals surface area contributed by atoms with Crippen LogP contribution in [0.25, 0.3) is 0 Å². The van der Waals surface area contributed by atoms with E-state index in [9.17, 15) is 19.0 Å². The van der Waals surface area contributed by atoms with Gasteiger partial charge in [0, 0.05) is 6.16 Å². The Morgan fingerprint density at radius 2 is 1.88 bits per heavy atom. The number of hydrogen-bond donors (Lipinski definition) is 2. The zero-order chi connectivity index (χ0) is 18.0. The van der Waals surface area contributed by atoms with Gasteiger partial charge in [0.1, 0.15) is 12.4 Å². The van der Waals surface area contributed by atoms with Crippen molar-refractivity contribution in [2.75, 3.05) is 12.8 Å². The Labute approximate surface area is 141 Å². The predicted molar refractivity (Wildman–Crippen MR) is 89.8 cm³/mol. The first-order chi connectivity index (χ1) is 11.4. The van der Waals surface area contributed by atoms with E-state index in [4.69, 9.17) is 9.47 Å². The lowest BCUT2D eigenvalue weighted by atomic mass is 10.2. The van der Waals surface area contributed by atoms with Crippen LogP contribution >= 0.6 is 7.37 Å². The monoisotopic (exact) mass is 357 g/mol. The van der Waals surface area contributed by atoms with Crippen molar-refractivity contribution in [3.05, 3.63) is 35.9 Å². The van der Waals surface area contributed by atoms with Crippen molar-refractivity contribution in [1.29, 1.82) is 0 Å². The minimum absolute atomic E-state index is 0.0711. The van der Waals surface area contributed by atoms with Crippen LogP contribution in [0, 0.1) is 0 Å². The van der Waals surface area contributed by atoms with Crippen molar-refractivity contribution in [2.24, 2.45) is 0 Å². The molecule has 0 aliphatic carbocycles. The van der Waals surface area contributed by atoms with E-state index < -0.39 is 25.2 Å². The number of ether oxygens (including phenoxy) is 2. The van der Waals surface area contributed by atoms with Crippen LogP contribution in [0.5, 0.6) is 0 Å². The van der Waals surface area contributed by atoms with Crippen molar-refractivity contribution in [3.8, 4) is 0 Å². The highest BCUT2D eigenvalue weighted by atomic mass is 31.2. The fourth-order valence-corrected chi connectivity index (χ4v) is 3.72. The van der Waals surface area contributed by atoms with Crippen molar-refractivity contribution in [3.63, 3.8) is 0 Å². The minimum Gasteiger partial charge on any atom is -0.466 e. The molecule has 24 heavy (non-hydrogen) atoms. The number of nitrogens with one attached hydrogen (secondary N) is 1. The maximum absolute atomic E-state index is 12.3. The van der Waals surface area contributed by atoms with E-state index in [1.54, 1.807) is 26.0 Å². The van der Waals surface area contributed by atoms with Crippen LogP contribution in [0.3, 0.4) is 0 Å². The summed E-state index contributed by atoms with van der Waals surface area (Å²) in [7, 11) is -3.74. The summed E-state index contributed by atoms with van der Waals surface area (Å²) in [5.74, 6) is -1.50. The van der Waals surface area contributed by atoms with Crippen LogP contribution in [0.15, 0.2) is 30.3 Å². The molecule has 8 heteroatoms. The van der Waals surface area contributed by atoms with Crippen LogP contribution in [0.4, 0.5) is 4.79 Å². The third-order valence-corrected chi connectivity index (χ3v) is 5.65. The van der Waals surface area contributed by atoms with Gasteiger partial charge in [-0.1, -0.05) is 37.3 Å². The molecule has 0 fully saturated rings. The fourth-order valence-electron chi connectivity index (χ4n) is 2.03. The molecule has 0 aliphatic heterocycles. The van der Waals surface area contributed by atoms with Crippen LogP contribution < -0.4 is 5.32 Å². The van der Waals surface area contributed by atoms with Gasteiger partial charge in [0.25, 0.3) is 0 Å². The Balaban J connectivity index is 2.50. The summed E-state index contributed by atoms with van der Waals surface area (Å²) in [6.07, 6.45) is -0.935. The molecule has 0 saturated carbocycles. The lowest BCUT2D eigenvalue weighted by Crippen LogP contribution is -2.35. The van der Waals surface area contributed by atoms with Crippen LogP contribution in [0.2, 0.25) is 0 Å². The molecule has 2 atom stereocenters. The first kappa shape index (κ1) is 20.2. The van der Waals surface area contributed by atoms with E-state index in [1.807, 2.05) is 18.2 Å². The summed E-state index contributed by atoms with van der Waals surface area (Å²) < 4.78 is 22.1. The molecule has 1 amide bonds. The van der Waals surface area contributed by atoms with Gasteiger partial charge in [0.05, 0.1) is 13.0 Å². The molecular formula is C16H24NO6P. The van der Waals surface area contributed by atoms with Crippen LogP contribution in [0.1, 0.15) is 32.3 Å². The Morgan fingerprint density at radius 3 is 2.46 bits per heavy atom. The van der Waals surface area contributed by atoms with Crippen LogP contribution in [-0.4, -0.2) is 35.5 Å². The third kappa shape index (κ3) is 7.15. The Hall–Kier alpha value is -1.85. The van der Waals surface area contributed by atoms with E-state index in [0.29, 0.717) is 0 Å². The summed E-state index contributed by atoms with van der Waals surface area (Å²) in [5.41, 5.74) is 0.815. The lowest BCUT2D eigenvalue weighted by Gasteiger charge is -2.22. The molecule has 1 rings (SSSR count). The molecule has 1 aromatic carbocycles. The zero-order valence-electron chi connectivity index (χ0n) is 13.9. The quantitative estimate of drug-likeness (QED) is 0.520. The average Bonchev–Trinajstić information content (AvgIpc) is 2.57. The maximum atomic E-state index is 12.3. The summed E-state index contributed by atoms with van der Waals surface area (Å²) in [6.45, 7) is 3.63. The van der Waals surface area contributed by atoms with E-state index in [2.05, 4.69) is 5.32 Å². The lowest BCUT2D eigenvalue weighted by molar-refractivity contribution is -0.142. The standard InChI is InChI=1S/C16H24NO6P/c1-3-14(24(20,21)11-10-15(18)22-4-2)17-16(19)23-12-13-8-6-5-7-9-13/h5-9,14H,3-4,10-12H2,1-2H3,(H,17,19)(H,20,21). The van der Waals surface area contributed by atoms with Crippen molar-refractivity contribution in [1.82, 2.24) is 5.32 Å². The number of rotatable bonds is 9. The highest BCUT2D eigenvalue weighted by Gasteiger charge is 2.32. The van der Waals surface area contributed by atoms with Gasteiger partial charge >= 0.3 is 12.1 Å². The molecule has 1 aromatic rings. The minimum atomic E-state index is -3.74. The second kappa shape index (κ2) is 10.1. The second-order valence-electron chi connectivity index (χ2n) is 5.16. The Bertz CT molecular complexity index is 577. The highest BCUT2D eigenvalue weighted by molar-refractivity contribution is 7.58. The molecule has 0 saturated heterocycles. The van der Waals surface area contributed by atoms with Gasteiger partial charge in [-0.3, -0.25) is 9.36 Å². The van der Waals surface area contributed by atoms with Gasteiger partial charge < -0.3 is 19.7 Å². The number of carbonyl (C=O) groups excluding carboxylic acids is 2. The first-order valence-corrected chi connectivity index (χ1v) is 9.74. The molecule has 2 N–H and O–H groups in total. The van der Waals surface area contributed by atoms with E-state index in [-0.39, 0.29) is 32.2 Å². The van der Waals surface area contributed by atoms with E-state index in [1.165, 1.54) is 0 Å². The molecule has 0 spiro atoms. The predicted octanol–water partition coefficient (Wildman–Crippen LogP) is 2.87. The Morgan fingerprint density at radius 1 is 1.21 bits per heavy atom. The summed E-state index contributed by atoms with van der Waals surface area (Å²) in [4.78, 5) is 33.2.